The molecule has 0 spiro atoms. The fraction of sp³-hybridized carbons (Fsp3) is 0.222. The summed E-state index contributed by atoms with van der Waals surface area (Å²) in [7, 11) is 0. The van der Waals surface area contributed by atoms with Gasteiger partial charge in [0.25, 0.3) is 17.4 Å². The van der Waals surface area contributed by atoms with Crippen molar-refractivity contribution in [1.82, 2.24) is 9.88 Å². The Balaban J connectivity index is 2.38. The van der Waals surface area contributed by atoms with E-state index in [2.05, 4.69) is 10.6 Å². The summed E-state index contributed by atoms with van der Waals surface area (Å²) in [6.45, 7) is 6.79. The summed E-state index contributed by atoms with van der Waals surface area (Å²) >= 11 is 0. The second kappa shape index (κ2) is 5.83. The molecule has 3 rings (SSSR count). The average Bonchev–Trinajstić information content (AvgIpc) is 2.80. The van der Waals surface area contributed by atoms with Gasteiger partial charge in [-0.05, 0) is 37.5 Å². The Morgan fingerprint density at radius 2 is 1.73 bits per heavy atom. The predicted molar refractivity (Wildman–Crippen MR) is 96.8 cm³/mol. The van der Waals surface area contributed by atoms with E-state index in [0.717, 1.165) is 17.2 Å². The third kappa shape index (κ3) is 2.46. The molecule has 0 fully saturated rings. The van der Waals surface area contributed by atoms with Crippen molar-refractivity contribution in [2.45, 2.75) is 27.7 Å². The van der Waals surface area contributed by atoms with Crippen molar-refractivity contribution in [3.63, 3.8) is 0 Å². The van der Waals surface area contributed by atoms with Crippen LogP contribution in [0.4, 0.5) is 11.5 Å². The number of aromatic nitrogens is 1. The Bertz CT molecular complexity index is 1070. The van der Waals surface area contributed by atoms with E-state index in [4.69, 9.17) is 5.73 Å². The lowest BCUT2D eigenvalue weighted by molar-refractivity contribution is -0.114. The van der Waals surface area contributed by atoms with Gasteiger partial charge in [0.05, 0.1) is 16.8 Å². The molecule has 0 radical (unpaired) electrons. The monoisotopic (exact) mass is 354 g/mol. The van der Waals surface area contributed by atoms with Crippen molar-refractivity contribution in [1.29, 1.82) is 0 Å². The first-order chi connectivity index (χ1) is 12.1. The third-order valence-electron chi connectivity index (χ3n) is 4.41. The van der Waals surface area contributed by atoms with Crippen LogP contribution in [0.2, 0.25) is 0 Å². The number of amides is 3. The van der Waals surface area contributed by atoms with Crippen molar-refractivity contribution in [2.75, 3.05) is 11.1 Å². The van der Waals surface area contributed by atoms with Gasteiger partial charge in [-0.1, -0.05) is 6.07 Å². The number of nitrogens with two attached hydrogens (primary N) is 1. The molecule has 1 aliphatic rings. The molecule has 1 aromatic heterocycles. The van der Waals surface area contributed by atoms with Crippen LogP contribution < -0.4 is 21.9 Å². The second-order valence-corrected chi connectivity index (χ2v) is 6.32. The van der Waals surface area contributed by atoms with Gasteiger partial charge in [0.2, 0.25) is 5.91 Å². The highest BCUT2D eigenvalue weighted by molar-refractivity contribution is 6.23. The van der Waals surface area contributed by atoms with E-state index < -0.39 is 17.4 Å². The number of hydrogen-bond donors (Lipinski definition) is 3. The lowest BCUT2D eigenvalue weighted by atomic mass is 10.0. The van der Waals surface area contributed by atoms with Crippen LogP contribution in [0.1, 0.15) is 44.3 Å². The summed E-state index contributed by atoms with van der Waals surface area (Å²) in [6.07, 6.45) is 0. The molecule has 3 amide bonds. The smallest absolute Gasteiger partial charge is 0.262 e. The molecule has 4 N–H and O–H groups in total. The quantitative estimate of drug-likeness (QED) is 0.699. The fourth-order valence-corrected chi connectivity index (χ4v) is 3.40. The van der Waals surface area contributed by atoms with Crippen molar-refractivity contribution in [3.05, 3.63) is 50.3 Å². The van der Waals surface area contributed by atoms with E-state index in [1.807, 2.05) is 13.0 Å². The Morgan fingerprint density at radius 3 is 2.35 bits per heavy atom. The molecule has 0 saturated carbocycles. The molecule has 0 atom stereocenters. The first kappa shape index (κ1) is 17.4. The number of nitrogen functional groups attached to an aromatic ring is 1. The van der Waals surface area contributed by atoms with Crippen LogP contribution in [0, 0.1) is 20.8 Å². The Labute approximate surface area is 149 Å². The van der Waals surface area contributed by atoms with E-state index in [9.17, 15) is 19.2 Å². The normalized spacial score (nSPS) is 12.8. The summed E-state index contributed by atoms with van der Waals surface area (Å²) in [4.78, 5) is 48.0. The van der Waals surface area contributed by atoms with Gasteiger partial charge in [-0.15, -0.1) is 0 Å². The van der Waals surface area contributed by atoms with Gasteiger partial charge >= 0.3 is 0 Å². The summed E-state index contributed by atoms with van der Waals surface area (Å²) in [5.74, 6) is -1.64. The predicted octanol–water partition coefficient (Wildman–Crippen LogP) is 1.19. The number of nitrogens with one attached hydrogen (secondary N) is 2. The Hall–Kier alpha value is -3.42. The Kier molecular flexibility index (Phi) is 3.91. The van der Waals surface area contributed by atoms with Gasteiger partial charge in [-0.25, -0.2) is 0 Å². The molecular formula is C18H18N4O4. The SMILES string of the molecule is CC(=O)Nc1c(C)cc(C)c(-n2c(N)c3c(cc2=O)C(=O)NC3=O)c1C. The zero-order valence-electron chi connectivity index (χ0n) is 14.8. The van der Waals surface area contributed by atoms with Crippen LogP contribution in [0.25, 0.3) is 5.69 Å². The number of carbonyl (C=O) groups is 3. The molecule has 1 aliphatic heterocycles. The molecule has 2 aromatic rings. The molecule has 26 heavy (non-hydrogen) atoms. The number of pyridine rings is 1. The molecule has 8 nitrogen and oxygen atoms in total. The van der Waals surface area contributed by atoms with Crippen molar-refractivity contribution < 1.29 is 14.4 Å². The minimum atomic E-state index is -0.641. The van der Waals surface area contributed by atoms with E-state index >= 15 is 0 Å². The fourth-order valence-electron chi connectivity index (χ4n) is 3.40. The van der Waals surface area contributed by atoms with Gasteiger partial charge < -0.3 is 11.1 Å². The van der Waals surface area contributed by atoms with E-state index in [0.29, 0.717) is 16.9 Å². The summed E-state index contributed by atoms with van der Waals surface area (Å²) in [5, 5.41) is 4.89. The summed E-state index contributed by atoms with van der Waals surface area (Å²) < 4.78 is 1.20. The van der Waals surface area contributed by atoms with Gasteiger partial charge in [-0.2, -0.15) is 0 Å². The van der Waals surface area contributed by atoms with E-state index in [1.165, 1.54) is 11.5 Å². The number of aryl methyl sites for hydroxylation is 2. The third-order valence-corrected chi connectivity index (χ3v) is 4.41. The van der Waals surface area contributed by atoms with E-state index in [1.54, 1.807) is 13.8 Å². The van der Waals surface area contributed by atoms with Gasteiger partial charge in [0.15, 0.2) is 0 Å². The first-order valence-corrected chi connectivity index (χ1v) is 7.93. The lowest BCUT2D eigenvalue weighted by Gasteiger charge is -2.21. The van der Waals surface area contributed by atoms with Crippen molar-refractivity contribution in [2.24, 2.45) is 0 Å². The minimum Gasteiger partial charge on any atom is -0.384 e. The molecule has 0 aliphatic carbocycles. The molecule has 134 valence electrons. The van der Waals surface area contributed by atoms with Crippen LogP contribution >= 0.6 is 0 Å². The lowest BCUT2D eigenvalue weighted by Crippen LogP contribution is -2.26. The Morgan fingerprint density at radius 1 is 1.08 bits per heavy atom. The average molecular weight is 354 g/mol. The molecule has 0 saturated heterocycles. The molecule has 0 unspecified atom stereocenters. The molecule has 0 bridgehead atoms. The van der Waals surface area contributed by atoms with Crippen LogP contribution in [0.3, 0.4) is 0 Å². The number of nitrogens with zero attached hydrogens (tertiary/aromatic N) is 1. The summed E-state index contributed by atoms with van der Waals surface area (Å²) in [5.41, 5.74) is 8.78. The molecular weight excluding hydrogens is 336 g/mol. The van der Waals surface area contributed by atoms with E-state index in [-0.39, 0.29) is 22.9 Å². The van der Waals surface area contributed by atoms with Crippen molar-refractivity contribution >= 4 is 29.2 Å². The number of imide groups is 1. The van der Waals surface area contributed by atoms with Gasteiger partial charge in [-0.3, -0.25) is 29.1 Å². The highest BCUT2D eigenvalue weighted by atomic mass is 16.2. The largest absolute Gasteiger partial charge is 0.384 e. The molecule has 1 aromatic carbocycles. The summed E-state index contributed by atoms with van der Waals surface area (Å²) in [6, 6.07) is 2.92. The van der Waals surface area contributed by atoms with Gasteiger partial charge in [0, 0.05) is 18.7 Å². The standard InChI is InChI=1S/C18H18N4O4/c1-7-5-8(2)15(9(3)14(7)20-10(4)23)22-12(24)6-11-13(16(22)19)18(26)21-17(11)25/h5-6H,19H2,1-4H3,(H,20,23)(H,21,25,26). The highest BCUT2D eigenvalue weighted by Gasteiger charge is 2.32. The molecule has 2 heterocycles. The maximum Gasteiger partial charge on any atom is 0.262 e. The minimum absolute atomic E-state index is 0.0185. The number of carbonyl (C=O) groups excluding carboxylic acids is 3. The number of rotatable bonds is 2. The molecule has 8 heteroatoms. The zero-order chi connectivity index (χ0) is 19.3. The highest BCUT2D eigenvalue weighted by Crippen LogP contribution is 2.32. The first-order valence-electron chi connectivity index (χ1n) is 7.93. The second-order valence-electron chi connectivity index (χ2n) is 6.32. The number of benzene rings is 1. The van der Waals surface area contributed by atoms with Crippen molar-refractivity contribution in [3.8, 4) is 5.69 Å². The number of hydrogen-bond acceptors (Lipinski definition) is 5. The van der Waals surface area contributed by atoms with Crippen LogP contribution in [0.15, 0.2) is 16.9 Å². The van der Waals surface area contributed by atoms with Gasteiger partial charge in [0.1, 0.15) is 5.82 Å². The van der Waals surface area contributed by atoms with Crippen LogP contribution in [-0.4, -0.2) is 22.3 Å². The number of fused-ring (bicyclic) bond motifs is 1. The zero-order valence-corrected chi connectivity index (χ0v) is 14.8. The number of anilines is 2. The maximum atomic E-state index is 12.7. The topological polar surface area (TPSA) is 123 Å². The van der Waals surface area contributed by atoms with Crippen LogP contribution in [0.5, 0.6) is 0 Å². The van der Waals surface area contributed by atoms with Crippen LogP contribution in [-0.2, 0) is 4.79 Å². The maximum absolute atomic E-state index is 12.7.